The summed E-state index contributed by atoms with van der Waals surface area (Å²) in [5.74, 6) is 0.613. The van der Waals surface area contributed by atoms with Crippen molar-refractivity contribution in [3.63, 3.8) is 0 Å². The smallest absolute Gasteiger partial charge is 0.0536 e. The van der Waals surface area contributed by atoms with Crippen molar-refractivity contribution in [3.05, 3.63) is 29.3 Å². The first-order valence-electron chi connectivity index (χ1n) is 5.39. The van der Waals surface area contributed by atoms with E-state index in [1.165, 1.54) is 16.8 Å². The third-order valence-electron chi connectivity index (χ3n) is 2.32. The van der Waals surface area contributed by atoms with E-state index in [9.17, 15) is 0 Å². The minimum absolute atomic E-state index is 0.613. The van der Waals surface area contributed by atoms with Crippen molar-refractivity contribution in [2.75, 3.05) is 5.43 Å². The third kappa shape index (κ3) is 2.07. The van der Waals surface area contributed by atoms with Gasteiger partial charge in [-0.3, -0.25) is 0 Å². The van der Waals surface area contributed by atoms with Crippen molar-refractivity contribution in [2.24, 2.45) is 0 Å². The number of rotatable bonds is 1. The molecule has 1 aliphatic rings. The molecule has 0 saturated heterocycles. The molecule has 0 saturated carbocycles. The summed E-state index contributed by atoms with van der Waals surface area (Å²) < 4.78 is 0. The second kappa shape index (κ2) is 5.01. The highest BCUT2D eigenvalue weighted by molar-refractivity contribution is 5.57. The van der Waals surface area contributed by atoms with Crippen LogP contribution in [0.5, 0.6) is 0 Å². The maximum atomic E-state index is 3.15. The predicted octanol–water partition coefficient (Wildman–Crippen LogP) is 3.27. The average molecular weight is 192 g/mol. The Balaban J connectivity index is 0.000000461. The van der Waals surface area contributed by atoms with Gasteiger partial charge in [-0.25, -0.2) is 5.43 Å². The van der Waals surface area contributed by atoms with Gasteiger partial charge in [0.2, 0.25) is 0 Å². The van der Waals surface area contributed by atoms with Crippen molar-refractivity contribution >= 4 is 5.69 Å². The molecule has 2 nitrogen and oxygen atoms in total. The molecule has 2 heteroatoms. The van der Waals surface area contributed by atoms with Gasteiger partial charge in [-0.15, -0.1) is 0 Å². The minimum Gasteiger partial charge on any atom is -0.321 e. The second-order valence-electron chi connectivity index (χ2n) is 3.51. The van der Waals surface area contributed by atoms with Crippen molar-refractivity contribution in [1.82, 2.24) is 5.43 Å². The first-order valence-corrected chi connectivity index (χ1v) is 5.39. The fraction of sp³-hybridized carbons (Fsp3) is 0.500. The molecule has 0 bridgehead atoms. The Kier molecular flexibility index (Phi) is 3.96. The van der Waals surface area contributed by atoms with E-state index >= 15 is 0 Å². The van der Waals surface area contributed by atoms with Gasteiger partial charge in [0.15, 0.2) is 0 Å². The van der Waals surface area contributed by atoms with Gasteiger partial charge in [0.05, 0.1) is 5.69 Å². The summed E-state index contributed by atoms with van der Waals surface area (Å²) in [5.41, 5.74) is 10.4. The van der Waals surface area contributed by atoms with Crippen LogP contribution in [0.25, 0.3) is 0 Å². The van der Waals surface area contributed by atoms with Crippen molar-refractivity contribution in [2.45, 2.75) is 40.2 Å². The molecule has 1 heterocycles. The Bertz CT molecular complexity index is 292. The van der Waals surface area contributed by atoms with Crippen LogP contribution in [0.1, 0.15) is 44.7 Å². The van der Waals surface area contributed by atoms with Crippen molar-refractivity contribution < 1.29 is 0 Å². The third-order valence-corrected chi connectivity index (χ3v) is 2.32. The van der Waals surface area contributed by atoms with Crippen LogP contribution in [0.4, 0.5) is 5.69 Å². The van der Waals surface area contributed by atoms with Crippen LogP contribution < -0.4 is 10.9 Å². The van der Waals surface area contributed by atoms with Crippen LogP contribution in [0.3, 0.4) is 0 Å². The average Bonchev–Trinajstić information content (AvgIpc) is 2.67. The molecule has 0 amide bonds. The molecule has 0 spiro atoms. The molecule has 0 unspecified atom stereocenters. The highest BCUT2D eigenvalue weighted by Gasteiger charge is 2.14. The van der Waals surface area contributed by atoms with Crippen LogP contribution in [0, 0.1) is 0 Å². The molecule has 1 aromatic carbocycles. The molecule has 0 aliphatic carbocycles. The molecule has 14 heavy (non-hydrogen) atoms. The van der Waals surface area contributed by atoms with Crippen LogP contribution >= 0.6 is 0 Å². The van der Waals surface area contributed by atoms with Crippen LogP contribution in [0.2, 0.25) is 0 Å². The van der Waals surface area contributed by atoms with E-state index < -0.39 is 0 Å². The molecule has 78 valence electrons. The number of anilines is 1. The molecule has 2 N–H and O–H groups in total. The SMILES string of the molecule is CC.CC(C)c1cccc2c1CNN2. The number of nitrogens with one attached hydrogen (secondary N) is 2. The van der Waals surface area contributed by atoms with Crippen LogP contribution in [0.15, 0.2) is 18.2 Å². The van der Waals surface area contributed by atoms with E-state index in [1.807, 2.05) is 13.8 Å². The quantitative estimate of drug-likeness (QED) is 0.713. The molecular formula is C12H20N2. The lowest BCUT2D eigenvalue weighted by Gasteiger charge is -2.09. The van der Waals surface area contributed by atoms with E-state index in [4.69, 9.17) is 0 Å². The highest BCUT2D eigenvalue weighted by atomic mass is 15.4. The summed E-state index contributed by atoms with van der Waals surface area (Å²) in [6, 6.07) is 6.42. The summed E-state index contributed by atoms with van der Waals surface area (Å²) in [5, 5.41) is 0. The van der Waals surface area contributed by atoms with Gasteiger partial charge >= 0.3 is 0 Å². The molecule has 0 radical (unpaired) electrons. The van der Waals surface area contributed by atoms with Crippen LogP contribution in [-0.2, 0) is 6.54 Å². The first-order chi connectivity index (χ1) is 6.79. The topological polar surface area (TPSA) is 24.1 Å². The van der Waals surface area contributed by atoms with Gasteiger partial charge in [-0.05, 0) is 23.1 Å². The Labute approximate surface area is 86.7 Å². The van der Waals surface area contributed by atoms with E-state index in [-0.39, 0.29) is 0 Å². The first kappa shape index (κ1) is 11.1. The molecule has 0 aromatic heterocycles. The molecule has 2 rings (SSSR count). The lowest BCUT2D eigenvalue weighted by Crippen LogP contribution is -2.11. The van der Waals surface area contributed by atoms with Gasteiger partial charge in [0.1, 0.15) is 0 Å². The summed E-state index contributed by atoms with van der Waals surface area (Å²) in [7, 11) is 0. The van der Waals surface area contributed by atoms with Gasteiger partial charge in [-0.2, -0.15) is 0 Å². The largest absolute Gasteiger partial charge is 0.321 e. The fourth-order valence-electron chi connectivity index (χ4n) is 1.69. The standard InChI is InChI=1S/C10H14N2.C2H6/c1-7(2)8-4-3-5-10-9(8)6-11-12-10;1-2/h3-5,7,11-12H,6H2,1-2H3;1-2H3. The molecule has 1 aromatic rings. The Morgan fingerprint density at radius 1 is 1.21 bits per heavy atom. The predicted molar refractivity (Wildman–Crippen MR) is 62.3 cm³/mol. The number of hydrogen-bond donors (Lipinski definition) is 2. The maximum absolute atomic E-state index is 3.15. The van der Waals surface area contributed by atoms with Gasteiger partial charge < -0.3 is 5.43 Å². The lowest BCUT2D eigenvalue weighted by atomic mass is 9.97. The second-order valence-corrected chi connectivity index (χ2v) is 3.51. The zero-order valence-electron chi connectivity index (χ0n) is 9.52. The van der Waals surface area contributed by atoms with Gasteiger partial charge in [0, 0.05) is 6.54 Å². The monoisotopic (exact) mass is 192 g/mol. The number of hydrazine groups is 1. The normalized spacial score (nSPS) is 12.9. The summed E-state index contributed by atoms with van der Waals surface area (Å²) in [4.78, 5) is 0. The Morgan fingerprint density at radius 3 is 2.57 bits per heavy atom. The number of hydrogen-bond acceptors (Lipinski definition) is 2. The Hall–Kier alpha value is -1.02. The lowest BCUT2D eigenvalue weighted by molar-refractivity contribution is 0.812. The maximum Gasteiger partial charge on any atom is 0.0536 e. The van der Waals surface area contributed by atoms with Gasteiger partial charge in [-0.1, -0.05) is 39.8 Å². The Morgan fingerprint density at radius 2 is 1.93 bits per heavy atom. The number of fused-ring (bicyclic) bond motifs is 1. The minimum atomic E-state index is 0.613. The van der Waals surface area contributed by atoms with Crippen molar-refractivity contribution in [3.8, 4) is 0 Å². The summed E-state index contributed by atoms with van der Waals surface area (Å²) in [6.45, 7) is 9.41. The van der Waals surface area contributed by atoms with E-state index in [0.717, 1.165) is 6.54 Å². The molecule has 0 atom stereocenters. The van der Waals surface area contributed by atoms with Crippen LogP contribution in [-0.4, -0.2) is 0 Å². The number of benzene rings is 1. The summed E-state index contributed by atoms with van der Waals surface area (Å²) in [6.07, 6.45) is 0. The zero-order valence-corrected chi connectivity index (χ0v) is 9.52. The summed E-state index contributed by atoms with van der Waals surface area (Å²) >= 11 is 0. The van der Waals surface area contributed by atoms with E-state index in [0.29, 0.717) is 5.92 Å². The highest BCUT2D eigenvalue weighted by Crippen LogP contribution is 2.28. The van der Waals surface area contributed by atoms with E-state index in [2.05, 4.69) is 42.9 Å². The molecule has 1 aliphatic heterocycles. The molecular weight excluding hydrogens is 172 g/mol. The van der Waals surface area contributed by atoms with E-state index in [1.54, 1.807) is 0 Å². The molecule has 0 fully saturated rings. The zero-order chi connectivity index (χ0) is 10.6. The van der Waals surface area contributed by atoms with Crippen molar-refractivity contribution in [1.29, 1.82) is 0 Å². The fourth-order valence-corrected chi connectivity index (χ4v) is 1.69. The van der Waals surface area contributed by atoms with Gasteiger partial charge in [0.25, 0.3) is 0 Å².